The van der Waals surface area contributed by atoms with Crippen molar-refractivity contribution in [1.82, 2.24) is 15.1 Å². The maximum Gasteiger partial charge on any atom is 0.162 e. The molecule has 3 N–H and O–H groups in total. The van der Waals surface area contributed by atoms with E-state index >= 15 is 0 Å². The molecular weight excluding hydrogens is 264 g/mol. The van der Waals surface area contributed by atoms with Crippen LogP contribution in [0.1, 0.15) is 36.1 Å². The van der Waals surface area contributed by atoms with Gasteiger partial charge in [-0.15, -0.1) is 5.10 Å². The number of anilines is 1. The van der Waals surface area contributed by atoms with E-state index in [-0.39, 0.29) is 5.84 Å². The summed E-state index contributed by atoms with van der Waals surface area (Å²) in [7, 11) is 0. The van der Waals surface area contributed by atoms with Crippen LogP contribution < -0.4 is 10.6 Å². The lowest BCUT2D eigenvalue weighted by molar-refractivity contribution is 0.133. The molecule has 114 valence electrons. The molecule has 1 aromatic rings. The minimum Gasteiger partial charge on any atom is -0.384 e. The molecule has 0 spiro atoms. The SMILES string of the molecule is Cc1nnc(N2CCN3CCCCC3C2)c(C(=N)N)c1C. The van der Waals surface area contributed by atoms with Crippen molar-refractivity contribution in [2.24, 2.45) is 5.73 Å². The molecule has 0 aliphatic carbocycles. The number of nitrogen functional groups attached to an aromatic ring is 1. The van der Waals surface area contributed by atoms with Gasteiger partial charge in [-0.25, -0.2) is 0 Å². The zero-order valence-corrected chi connectivity index (χ0v) is 12.9. The van der Waals surface area contributed by atoms with Gasteiger partial charge < -0.3 is 10.6 Å². The minimum atomic E-state index is 0.0894. The van der Waals surface area contributed by atoms with Crippen molar-refractivity contribution in [1.29, 1.82) is 5.41 Å². The van der Waals surface area contributed by atoms with E-state index < -0.39 is 0 Å². The summed E-state index contributed by atoms with van der Waals surface area (Å²) >= 11 is 0. The van der Waals surface area contributed by atoms with Crippen molar-refractivity contribution < 1.29 is 0 Å². The Morgan fingerprint density at radius 1 is 1.19 bits per heavy atom. The van der Waals surface area contributed by atoms with Gasteiger partial charge in [0.2, 0.25) is 0 Å². The summed E-state index contributed by atoms with van der Waals surface area (Å²) in [5.74, 6) is 0.877. The number of piperidine rings is 1. The van der Waals surface area contributed by atoms with Crippen LogP contribution >= 0.6 is 0 Å². The first-order valence-electron chi connectivity index (χ1n) is 7.75. The summed E-state index contributed by atoms with van der Waals surface area (Å²) in [4.78, 5) is 4.85. The number of piperazine rings is 1. The van der Waals surface area contributed by atoms with E-state index in [1.54, 1.807) is 0 Å². The smallest absolute Gasteiger partial charge is 0.162 e. The normalized spacial score (nSPS) is 23.0. The fourth-order valence-corrected chi connectivity index (χ4v) is 3.49. The van der Waals surface area contributed by atoms with Crippen LogP contribution in [0.3, 0.4) is 0 Å². The van der Waals surface area contributed by atoms with Gasteiger partial charge in [-0.05, 0) is 38.8 Å². The average Bonchev–Trinajstić information content (AvgIpc) is 2.49. The van der Waals surface area contributed by atoms with Crippen LogP contribution in [0.2, 0.25) is 0 Å². The molecule has 3 heterocycles. The summed E-state index contributed by atoms with van der Waals surface area (Å²) in [5, 5.41) is 16.5. The number of nitrogens with one attached hydrogen (secondary N) is 1. The Labute approximate surface area is 125 Å². The van der Waals surface area contributed by atoms with Crippen LogP contribution in [-0.2, 0) is 0 Å². The maximum absolute atomic E-state index is 7.89. The van der Waals surface area contributed by atoms with E-state index in [0.29, 0.717) is 6.04 Å². The van der Waals surface area contributed by atoms with Crippen molar-refractivity contribution in [3.8, 4) is 0 Å². The molecule has 0 bridgehead atoms. The molecule has 6 heteroatoms. The zero-order valence-electron chi connectivity index (χ0n) is 12.9. The van der Waals surface area contributed by atoms with E-state index in [9.17, 15) is 0 Å². The molecule has 0 aromatic carbocycles. The topological polar surface area (TPSA) is 82.1 Å². The Balaban J connectivity index is 1.90. The molecule has 2 aliphatic rings. The lowest BCUT2D eigenvalue weighted by Gasteiger charge is -2.44. The molecule has 21 heavy (non-hydrogen) atoms. The lowest BCUT2D eigenvalue weighted by atomic mass is 9.99. The highest BCUT2D eigenvalue weighted by Gasteiger charge is 2.31. The monoisotopic (exact) mass is 288 g/mol. The van der Waals surface area contributed by atoms with Crippen molar-refractivity contribution in [3.05, 3.63) is 16.8 Å². The molecule has 1 unspecified atom stereocenters. The number of rotatable bonds is 2. The summed E-state index contributed by atoms with van der Waals surface area (Å²) in [6.45, 7) is 8.08. The Kier molecular flexibility index (Phi) is 3.80. The second kappa shape index (κ2) is 5.60. The number of nitrogens with zero attached hydrogens (tertiary/aromatic N) is 4. The van der Waals surface area contributed by atoms with Gasteiger partial charge in [0.25, 0.3) is 0 Å². The van der Waals surface area contributed by atoms with Gasteiger partial charge in [0.05, 0.1) is 11.3 Å². The highest BCUT2D eigenvalue weighted by molar-refractivity contribution is 6.01. The predicted molar refractivity (Wildman–Crippen MR) is 83.9 cm³/mol. The van der Waals surface area contributed by atoms with Gasteiger partial charge in [-0.2, -0.15) is 5.10 Å². The molecule has 1 aromatic heterocycles. The Hall–Kier alpha value is -1.69. The molecule has 0 amide bonds. The van der Waals surface area contributed by atoms with Crippen LogP contribution in [0.4, 0.5) is 5.82 Å². The Bertz CT molecular complexity index is 555. The average molecular weight is 288 g/mol. The van der Waals surface area contributed by atoms with Crippen molar-refractivity contribution >= 4 is 11.7 Å². The molecule has 6 nitrogen and oxygen atoms in total. The number of nitrogens with two attached hydrogens (primary N) is 1. The quantitative estimate of drug-likeness (QED) is 0.628. The number of hydrogen-bond acceptors (Lipinski definition) is 5. The highest BCUT2D eigenvalue weighted by Crippen LogP contribution is 2.27. The van der Waals surface area contributed by atoms with Crippen LogP contribution in [0, 0.1) is 19.3 Å². The molecule has 2 saturated heterocycles. The van der Waals surface area contributed by atoms with Crippen molar-refractivity contribution in [2.45, 2.75) is 39.2 Å². The molecule has 2 fully saturated rings. The van der Waals surface area contributed by atoms with E-state index in [2.05, 4.69) is 20.0 Å². The van der Waals surface area contributed by atoms with Gasteiger partial charge >= 0.3 is 0 Å². The molecular formula is C15H24N6. The highest BCUT2D eigenvalue weighted by atomic mass is 15.3. The van der Waals surface area contributed by atoms with Crippen LogP contribution in [0.25, 0.3) is 0 Å². The standard InChI is InChI=1S/C15H24N6/c1-10-11(2)18-19-15(13(10)14(16)17)21-8-7-20-6-4-3-5-12(20)9-21/h12H,3-9H2,1-2H3,(H3,16,17). The second-order valence-corrected chi connectivity index (χ2v) is 6.15. The number of hydrogen-bond donors (Lipinski definition) is 2. The fourth-order valence-electron chi connectivity index (χ4n) is 3.49. The number of aromatic nitrogens is 2. The Morgan fingerprint density at radius 3 is 2.76 bits per heavy atom. The van der Waals surface area contributed by atoms with Gasteiger partial charge in [-0.1, -0.05) is 6.42 Å². The van der Waals surface area contributed by atoms with Gasteiger partial charge in [-0.3, -0.25) is 10.3 Å². The molecule has 0 radical (unpaired) electrons. The van der Waals surface area contributed by atoms with Gasteiger partial charge in [0, 0.05) is 25.7 Å². The molecule has 3 rings (SSSR count). The third kappa shape index (κ3) is 2.60. The first-order chi connectivity index (χ1) is 10.1. The third-order valence-corrected chi connectivity index (χ3v) is 4.84. The van der Waals surface area contributed by atoms with E-state index in [4.69, 9.17) is 11.1 Å². The predicted octanol–water partition coefficient (Wildman–Crippen LogP) is 1.05. The molecule has 0 saturated carbocycles. The lowest BCUT2D eigenvalue weighted by Crippen LogP contribution is -2.55. The van der Waals surface area contributed by atoms with Gasteiger partial charge in [0.1, 0.15) is 5.84 Å². The first kappa shape index (κ1) is 14.3. The van der Waals surface area contributed by atoms with Crippen molar-refractivity contribution in [2.75, 3.05) is 31.1 Å². The number of amidine groups is 1. The third-order valence-electron chi connectivity index (χ3n) is 4.84. The number of aryl methyl sites for hydroxylation is 1. The first-order valence-corrected chi connectivity index (χ1v) is 7.75. The van der Waals surface area contributed by atoms with Crippen LogP contribution in [0.5, 0.6) is 0 Å². The fraction of sp³-hybridized carbons (Fsp3) is 0.667. The summed E-state index contributed by atoms with van der Waals surface area (Å²) in [6.07, 6.45) is 3.88. The zero-order chi connectivity index (χ0) is 15.0. The maximum atomic E-state index is 7.89. The second-order valence-electron chi connectivity index (χ2n) is 6.15. The Morgan fingerprint density at radius 2 is 2.00 bits per heavy atom. The summed E-state index contributed by atoms with van der Waals surface area (Å²) < 4.78 is 0. The van der Waals surface area contributed by atoms with Crippen molar-refractivity contribution in [3.63, 3.8) is 0 Å². The van der Waals surface area contributed by atoms with E-state index in [1.807, 2.05) is 13.8 Å². The summed E-state index contributed by atoms with van der Waals surface area (Å²) in [5.41, 5.74) is 8.38. The molecule has 2 aliphatic heterocycles. The van der Waals surface area contributed by atoms with E-state index in [1.165, 1.54) is 25.8 Å². The van der Waals surface area contributed by atoms with Gasteiger partial charge in [0.15, 0.2) is 5.82 Å². The van der Waals surface area contributed by atoms with E-state index in [0.717, 1.165) is 42.3 Å². The van der Waals surface area contributed by atoms with Crippen LogP contribution in [0.15, 0.2) is 0 Å². The summed E-state index contributed by atoms with van der Waals surface area (Å²) in [6, 6.07) is 0.607. The minimum absolute atomic E-state index is 0.0894. The van der Waals surface area contributed by atoms with Crippen LogP contribution in [-0.4, -0.2) is 53.2 Å². The number of fused-ring (bicyclic) bond motifs is 1. The largest absolute Gasteiger partial charge is 0.384 e. The molecule has 1 atom stereocenters.